The predicted octanol–water partition coefficient (Wildman–Crippen LogP) is -2.40. The molecule has 0 spiro atoms. The molecule has 2 rings (SSSR count). The molecule has 0 aromatic carbocycles. The molecule has 14 heavy (non-hydrogen) atoms. The fourth-order valence-corrected chi connectivity index (χ4v) is 1.07. The zero-order valence-corrected chi connectivity index (χ0v) is 12.3. The maximum atomic E-state index is 10.5. The molecule has 0 saturated carbocycles. The Morgan fingerprint density at radius 3 is 2.79 bits per heavy atom. The van der Waals surface area contributed by atoms with E-state index in [0.29, 0.717) is 11.0 Å². The molecule has 2 N–H and O–H groups in total. The molecule has 0 aliphatic carbocycles. The first kappa shape index (κ1) is 11.8. The molecular weight excluding hydrogens is 258 g/mol. The van der Waals surface area contributed by atoms with Crippen LogP contribution in [0.15, 0.2) is 18.3 Å². The molecule has 5 nitrogen and oxygen atoms in total. The average molecular weight is 263 g/mol. The van der Waals surface area contributed by atoms with Crippen LogP contribution in [0.4, 0.5) is 0 Å². The molecule has 0 saturated heterocycles. The largest absolute Gasteiger partial charge is 1.00 e. The summed E-state index contributed by atoms with van der Waals surface area (Å²) >= 11 is 0. The van der Waals surface area contributed by atoms with Gasteiger partial charge in [0.2, 0.25) is 0 Å². The van der Waals surface area contributed by atoms with Crippen LogP contribution in [-0.4, -0.2) is 21.2 Å². The fourth-order valence-electron chi connectivity index (χ4n) is 1.07. The van der Waals surface area contributed by atoms with Crippen LogP contribution in [0.2, 0.25) is 0 Å². The molecule has 0 amide bonds. The van der Waals surface area contributed by atoms with Gasteiger partial charge in [-0.15, -0.1) is 0 Å². The zero-order valence-electron chi connectivity index (χ0n) is 7.43. The average Bonchev–Trinajstić information content (AvgIpc) is 2.46. The number of aromatic carboxylic acids is 1. The Hall–Kier alpha value is -0.235. The first-order valence-electron chi connectivity index (χ1n) is 3.52. The fraction of sp³-hybridized carbons (Fsp3) is 0. The first-order chi connectivity index (χ1) is 6.16. The van der Waals surface area contributed by atoms with Gasteiger partial charge in [-0.1, -0.05) is 5.65 Å². The van der Waals surface area contributed by atoms with Crippen molar-refractivity contribution in [1.82, 2.24) is 9.97 Å². The van der Waals surface area contributed by atoms with E-state index in [9.17, 15) is 4.79 Å². The van der Waals surface area contributed by atoms with Crippen molar-refractivity contribution in [2.75, 3.05) is 0 Å². The van der Waals surface area contributed by atoms with Crippen molar-refractivity contribution in [3.63, 3.8) is 0 Å². The number of pyridine rings is 1. The van der Waals surface area contributed by atoms with Gasteiger partial charge in [-0.3, -0.25) is 0 Å². The van der Waals surface area contributed by atoms with E-state index in [2.05, 4.69) is 9.97 Å². The monoisotopic (exact) mass is 262 g/mol. The molecular formula is C8H5N2O3Rb. The Bertz CT molecular complexity index is 480. The number of carboxylic acids is 1. The minimum Gasteiger partial charge on any atom is -0.508 e. The van der Waals surface area contributed by atoms with Crippen LogP contribution in [0.5, 0.6) is 5.75 Å². The van der Waals surface area contributed by atoms with E-state index in [0.717, 1.165) is 0 Å². The van der Waals surface area contributed by atoms with Gasteiger partial charge >= 0.3 is 64.2 Å². The molecule has 0 aliphatic heterocycles. The van der Waals surface area contributed by atoms with Crippen molar-refractivity contribution in [1.29, 1.82) is 0 Å². The summed E-state index contributed by atoms with van der Waals surface area (Å²) in [5.41, 5.74) is 0.267. The number of hydrogen-bond acceptors (Lipinski definition) is 3. The van der Waals surface area contributed by atoms with Crippen molar-refractivity contribution in [2.24, 2.45) is 0 Å². The third-order valence-electron chi connectivity index (χ3n) is 1.62. The van der Waals surface area contributed by atoms with E-state index in [1.165, 1.54) is 18.3 Å². The van der Waals surface area contributed by atoms with E-state index >= 15 is 0 Å². The van der Waals surface area contributed by atoms with Crippen molar-refractivity contribution in [3.8, 4) is 5.75 Å². The molecule has 0 aliphatic rings. The topological polar surface area (TPSA) is 84.5 Å². The minimum atomic E-state index is -1.10. The minimum absolute atomic E-state index is 0. The molecule has 0 atom stereocenters. The zero-order chi connectivity index (χ0) is 9.42. The summed E-state index contributed by atoms with van der Waals surface area (Å²) in [7, 11) is 0. The van der Waals surface area contributed by atoms with E-state index in [1.807, 2.05) is 0 Å². The second-order valence-corrected chi connectivity index (χ2v) is 2.55. The van der Waals surface area contributed by atoms with Crippen LogP contribution >= 0.6 is 0 Å². The summed E-state index contributed by atoms with van der Waals surface area (Å²) in [5, 5.41) is 18.2. The number of rotatable bonds is 1. The smallest absolute Gasteiger partial charge is 0.508 e. The van der Waals surface area contributed by atoms with Gasteiger partial charge in [-0.05, 0) is 23.7 Å². The molecule has 2 heterocycles. The standard InChI is InChI=1S/C8H6N2O3.Rb/c11-5-1-4-2-6(8(12)13)10-7(4)9-3-5;/h1-3H,(H3,9,10,11,12,13);/q;+1/p-1. The third-order valence-corrected chi connectivity index (χ3v) is 1.62. The van der Waals surface area contributed by atoms with Gasteiger partial charge in [0, 0.05) is 5.69 Å². The number of carboxylic acid groups (broad SMARTS) is 1. The molecule has 66 valence electrons. The molecule has 0 bridgehead atoms. The van der Waals surface area contributed by atoms with Crippen LogP contribution in [-0.2, 0) is 0 Å². The van der Waals surface area contributed by atoms with Crippen LogP contribution in [0.1, 0.15) is 10.5 Å². The van der Waals surface area contributed by atoms with Crippen molar-refractivity contribution in [3.05, 3.63) is 24.0 Å². The summed E-state index contributed by atoms with van der Waals surface area (Å²) in [6.07, 6.45) is 1.22. The molecule has 6 heteroatoms. The second kappa shape index (κ2) is 4.52. The summed E-state index contributed by atoms with van der Waals surface area (Å²) in [4.78, 5) is 18.0. The van der Waals surface area contributed by atoms with E-state index < -0.39 is 5.97 Å². The summed E-state index contributed by atoms with van der Waals surface area (Å²) < 4.78 is 0. The number of fused-ring (bicyclic) bond motifs is 1. The number of aromatic nitrogens is 2. The van der Waals surface area contributed by atoms with Crippen LogP contribution in [0, 0.1) is 0 Å². The van der Waals surface area contributed by atoms with Crippen LogP contribution < -0.4 is 63.2 Å². The Balaban J connectivity index is 0.000000980. The SMILES string of the molecule is O=C(O)c1cc2cc(O)cnc2[n-]1.[Rb+]. The molecule has 0 unspecified atom stereocenters. The van der Waals surface area contributed by atoms with Crippen molar-refractivity contribution < 1.29 is 73.2 Å². The van der Waals surface area contributed by atoms with Gasteiger partial charge in [-0.2, -0.15) is 0 Å². The second-order valence-electron chi connectivity index (χ2n) is 2.55. The molecule has 2 aromatic heterocycles. The Morgan fingerprint density at radius 1 is 1.43 bits per heavy atom. The van der Waals surface area contributed by atoms with Gasteiger partial charge in [0.1, 0.15) is 5.75 Å². The first-order valence-corrected chi connectivity index (χ1v) is 3.52. The van der Waals surface area contributed by atoms with Crippen LogP contribution in [0.3, 0.4) is 0 Å². The number of nitrogens with zero attached hydrogens (tertiary/aromatic N) is 2. The molecule has 2 aromatic rings. The van der Waals surface area contributed by atoms with Gasteiger partial charge in [0.25, 0.3) is 0 Å². The Morgan fingerprint density at radius 2 is 2.14 bits per heavy atom. The van der Waals surface area contributed by atoms with Crippen LogP contribution in [0.25, 0.3) is 11.0 Å². The molecule has 0 fully saturated rings. The van der Waals surface area contributed by atoms with Gasteiger partial charge in [0.15, 0.2) is 0 Å². The van der Waals surface area contributed by atoms with Gasteiger partial charge in [0.05, 0.1) is 0 Å². The summed E-state index contributed by atoms with van der Waals surface area (Å²) in [5.74, 6) is -1.10. The maximum absolute atomic E-state index is 10.5. The number of aromatic hydroxyl groups is 1. The quantitative estimate of drug-likeness (QED) is 0.599. The normalized spacial score (nSPS) is 9.71. The maximum Gasteiger partial charge on any atom is 1.00 e. The Kier molecular flexibility index (Phi) is 3.82. The predicted molar refractivity (Wildman–Crippen MR) is 43.7 cm³/mol. The summed E-state index contributed by atoms with van der Waals surface area (Å²) in [6, 6.07) is 2.78. The third kappa shape index (κ3) is 2.22. The van der Waals surface area contributed by atoms with Crippen molar-refractivity contribution >= 4 is 17.0 Å². The van der Waals surface area contributed by atoms with Gasteiger partial charge < -0.3 is 20.2 Å². The van der Waals surface area contributed by atoms with E-state index in [-0.39, 0.29) is 69.6 Å². The van der Waals surface area contributed by atoms with E-state index in [4.69, 9.17) is 10.2 Å². The van der Waals surface area contributed by atoms with E-state index in [1.54, 1.807) is 0 Å². The van der Waals surface area contributed by atoms with Crippen molar-refractivity contribution in [2.45, 2.75) is 0 Å². The Labute approximate surface area is 128 Å². The molecule has 0 radical (unpaired) electrons. The summed E-state index contributed by atoms with van der Waals surface area (Å²) in [6.45, 7) is 0. The number of hydrogen-bond donors (Lipinski definition) is 2. The van der Waals surface area contributed by atoms with Gasteiger partial charge in [-0.25, -0.2) is 4.79 Å². The number of carbonyl (C=O) groups is 1.